The van der Waals surface area contributed by atoms with Crippen LogP contribution in [0, 0.1) is 11.6 Å². The van der Waals surface area contributed by atoms with Crippen molar-refractivity contribution in [2.75, 3.05) is 12.1 Å². The molecule has 7 nitrogen and oxygen atoms in total. The maximum absolute atomic E-state index is 13.6. The standard InChI is InChI=1S/C19H13F2N3O4/c20-12-2-3-14(13(21)6-12)23-18(25)8-24-9-22-15(7-19(24)26)11-1-4-16-17(5-11)28-10-27-16/h1-7,9H,8,10H2,(H,23,25). The van der Waals surface area contributed by atoms with E-state index in [1.807, 2.05) is 0 Å². The van der Waals surface area contributed by atoms with Gasteiger partial charge in [-0.25, -0.2) is 13.8 Å². The lowest BCUT2D eigenvalue weighted by molar-refractivity contribution is -0.116. The first-order valence-corrected chi connectivity index (χ1v) is 8.21. The third-order valence-corrected chi connectivity index (χ3v) is 4.07. The molecule has 9 heteroatoms. The van der Waals surface area contributed by atoms with Crippen LogP contribution in [-0.2, 0) is 11.3 Å². The summed E-state index contributed by atoms with van der Waals surface area (Å²) in [5.74, 6) is -1.14. The molecule has 0 radical (unpaired) electrons. The second kappa shape index (κ2) is 7.10. The molecule has 4 rings (SSSR count). The Kier molecular flexibility index (Phi) is 4.48. The highest BCUT2D eigenvalue weighted by atomic mass is 19.1. The van der Waals surface area contributed by atoms with E-state index in [0.717, 1.165) is 16.7 Å². The maximum Gasteiger partial charge on any atom is 0.254 e. The molecule has 1 amide bonds. The Morgan fingerprint density at radius 1 is 1.11 bits per heavy atom. The molecule has 0 saturated heterocycles. The molecule has 142 valence electrons. The highest BCUT2D eigenvalue weighted by molar-refractivity contribution is 5.90. The number of nitrogens with one attached hydrogen (secondary N) is 1. The topological polar surface area (TPSA) is 82.5 Å². The van der Waals surface area contributed by atoms with Gasteiger partial charge in [-0.05, 0) is 30.3 Å². The molecule has 2 heterocycles. The molecule has 0 saturated carbocycles. The second-order valence-corrected chi connectivity index (χ2v) is 5.98. The van der Waals surface area contributed by atoms with Crippen molar-refractivity contribution >= 4 is 11.6 Å². The number of halogens is 2. The quantitative estimate of drug-likeness (QED) is 0.747. The van der Waals surface area contributed by atoms with E-state index in [0.29, 0.717) is 28.8 Å². The molecule has 1 aliphatic rings. The van der Waals surface area contributed by atoms with E-state index in [2.05, 4.69) is 10.3 Å². The highest BCUT2D eigenvalue weighted by Gasteiger charge is 2.15. The SMILES string of the molecule is O=C(Cn1cnc(-c2ccc3c(c2)OCO3)cc1=O)Nc1ccc(F)cc1F. The van der Waals surface area contributed by atoms with Crippen molar-refractivity contribution in [1.29, 1.82) is 0 Å². The predicted molar refractivity (Wildman–Crippen MR) is 95.0 cm³/mol. The van der Waals surface area contributed by atoms with Gasteiger partial charge in [0.15, 0.2) is 11.5 Å². The Balaban J connectivity index is 1.50. The van der Waals surface area contributed by atoms with Gasteiger partial charge in [-0.3, -0.25) is 14.2 Å². The number of rotatable bonds is 4. The molecule has 28 heavy (non-hydrogen) atoms. The van der Waals surface area contributed by atoms with Crippen LogP contribution in [0.25, 0.3) is 11.3 Å². The minimum absolute atomic E-state index is 0.136. The summed E-state index contributed by atoms with van der Waals surface area (Å²) >= 11 is 0. The van der Waals surface area contributed by atoms with Crippen LogP contribution < -0.4 is 20.3 Å². The minimum Gasteiger partial charge on any atom is -0.454 e. The number of amides is 1. The van der Waals surface area contributed by atoms with Gasteiger partial charge in [0.25, 0.3) is 5.56 Å². The summed E-state index contributed by atoms with van der Waals surface area (Å²) < 4.78 is 38.1. The van der Waals surface area contributed by atoms with Crippen molar-refractivity contribution in [3.05, 3.63) is 70.8 Å². The average molecular weight is 385 g/mol. The first kappa shape index (κ1) is 17.7. The van der Waals surface area contributed by atoms with Crippen LogP contribution >= 0.6 is 0 Å². The van der Waals surface area contributed by atoms with E-state index in [4.69, 9.17) is 9.47 Å². The molecule has 0 spiro atoms. The molecule has 0 aliphatic carbocycles. The summed E-state index contributed by atoms with van der Waals surface area (Å²) in [6.07, 6.45) is 1.23. The van der Waals surface area contributed by atoms with E-state index < -0.39 is 23.1 Å². The fraction of sp³-hybridized carbons (Fsp3) is 0.105. The number of hydrogen-bond donors (Lipinski definition) is 1. The molecule has 3 aromatic rings. The Hall–Kier alpha value is -3.75. The van der Waals surface area contributed by atoms with Crippen molar-refractivity contribution in [3.8, 4) is 22.8 Å². The van der Waals surface area contributed by atoms with Crippen LogP contribution in [0.5, 0.6) is 11.5 Å². The molecule has 1 aromatic heterocycles. The van der Waals surface area contributed by atoms with Crippen LogP contribution in [0.2, 0.25) is 0 Å². The summed E-state index contributed by atoms with van der Waals surface area (Å²) in [5, 5.41) is 2.29. The van der Waals surface area contributed by atoms with Crippen LogP contribution in [0.15, 0.2) is 53.6 Å². The van der Waals surface area contributed by atoms with Crippen LogP contribution in [0.1, 0.15) is 0 Å². The zero-order valence-corrected chi connectivity index (χ0v) is 14.3. The number of nitrogens with zero attached hydrogens (tertiary/aromatic N) is 2. The molecular weight excluding hydrogens is 372 g/mol. The molecule has 2 aromatic carbocycles. The van der Waals surface area contributed by atoms with Crippen molar-refractivity contribution in [1.82, 2.24) is 9.55 Å². The molecule has 0 fully saturated rings. The monoisotopic (exact) mass is 385 g/mol. The van der Waals surface area contributed by atoms with Crippen molar-refractivity contribution in [2.45, 2.75) is 6.54 Å². The Labute approximate surface area is 157 Å². The van der Waals surface area contributed by atoms with Gasteiger partial charge in [-0.2, -0.15) is 0 Å². The van der Waals surface area contributed by atoms with E-state index in [9.17, 15) is 18.4 Å². The maximum atomic E-state index is 13.6. The number of fused-ring (bicyclic) bond motifs is 1. The summed E-state index contributed by atoms with van der Waals surface area (Å²) in [7, 11) is 0. The third-order valence-electron chi connectivity index (χ3n) is 4.07. The lowest BCUT2D eigenvalue weighted by Gasteiger charge is -2.09. The van der Waals surface area contributed by atoms with Crippen molar-refractivity contribution in [3.63, 3.8) is 0 Å². The summed E-state index contributed by atoms with van der Waals surface area (Å²) in [6.45, 7) is -0.234. The lowest BCUT2D eigenvalue weighted by Crippen LogP contribution is -2.27. The first-order chi connectivity index (χ1) is 13.5. The van der Waals surface area contributed by atoms with E-state index in [1.54, 1.807) is 18.2 Å². The second-order valence-electron chi connectivity index (χ2n) is 5.98. The summed E-state index contributed by atoms with van der Waals surface area (Å²) in [5.41, 5.74) is 0.428. The number of carbonyl (C=O) groups excluding carboxylic acids is 1. The molecule has 0 unspecified atom stereocenters. The normalized spacial score (nSPS) is 12.1. The van der Waals surface area contributed by atoms with Gasteiger partial charge in [0.05, 0.1) is 17.7 Å². The van der Waals surface area contributed by atoms with Gasteiger partial charge < -0.3 is 14.8 Å². The van der Waals surface area contributed by atoms with E-state index >= 15 is 0 Å². The molecule has 1 aliphatic heterocycles. The highest BCUT2D eigenvalue weighted by Crippen LogP contribution is 2.35. The van der Waals surface area contributed by atoms with E-state index in [-0.39, 0.29) is 19.0 Å². The minimum atomic E-state index is -0.906. The smallest absolute Gasteiger partial charge is 0.254 e. The summed E-state index contributed by atoms with van der Waals surface area (Å²) in [6, 6.07) is 9.23. The zero-order chi connectivity index (χ0) is 19.7. The molecule has 0 bridgehead atoms. The van der Waals surface area contributed by atoms with Gasteiger partial charge in [0, 0.05) is 17.7 Å². The van der Waals surface area contributed by atoms with Gasteiger partial charge in [0.2, 0.25) is 12.7 Å². The lowest BCUT2D eigenvalue weighted by atomic mass is 10.1. The van der Waals surface area contributed by atoms with Crippen molar-refractivity contribution < 1.29 is 23.0 Å². The van der Waals surface area contributed by atoms with Gasteiger partial charge in [0.1, 0.15) is 18.2 Å². The molecular formula is C19H13F2N3O4. The largest absolute Gasteiger partial charge is 0.454 e. The van der Waals surface area contributed by atoms with Crippen LogP contribution in [0.3, 0.4) is 0 Å². The number of benzene rings is 2. The van der Waals surface area contributed by atoms with Gasteiger partial charge >= 0.3 is 0 Å². The van der Waals surface area contributed by atoms with Crippen LogP contribution in [0.4, 0.5) is 14.5 Å². The Bertz CT molecular complexity index is 1130. The number of aromatic nitrogens is 2. The van der Waals surface area contributed by atoms with Crippen LogP contribution in [-0.4, -0.2) is 22.3 Å². The Morgan fingerprint density at radius 2 is 1.93 bits per heavy atom. The predicted octanol–water partition coefficient (Wildman–Crippen LogP) is 2.56. The molecule has 0 atom stereocenters. The van der Waals surface area contributed by atoms with Crippen molar-refractivity contribution in [2.24, 2.45) is 0 Å². The fourth-order valence-electron chi connectivity index (χ4n) is 2.69. The average Bonchev–Trinajstić information content (AvgIpc) is 3.13. The fourth-order valence-corrected chi connectivity index (χ4v) is 2.69. The first-order valence-electron chi connectivity index (χ1n) is 8.21. The summed E-state index contributed by atoms with van der Waals surface area (Å²) in [4.78, 5) is 28.6. The number of hydrogen-bond acceptors (Lipinski definition) is 5. The van der Waals surface area contributed by atoms with Gasteiger partial charge in [-0.1, -0.05) is 0 Å². The Morgan fingerprint density at radius 3 is 2.71 bits per heavy atom. The number of carbonyl (C=O) groups is 1. The van der Waals surface area contributed by atoms with E-state index in [1.165, 1.54) is 12.4 Å². The third kappa shape index (κ3) is 3.54. The van der Waals surface area contributed by atoms with Gasteiger partial charge in [-0.15, -0.1) is 0 Å². The number of ether oxygens (including phenoxy) is 2. The zero-order valence-electron chi connectivity index (χ0n) is 14.3. The number of anilines is 1. The molecule has 1 N–H and O–H groups in total.